The third-order valence-electron chi connectivity index (χ3n) is 3.03. The Balaban J connectivity index is 2.24. The van der Waals surface area contributed by atoms with E-state index in [0.29, 0.717) is 31.4 Å². The molecule has 102 valence electrons. The Morgan fingerprint density at radius 2 is 2.32 bits per heavy atom. The highest BCUT2D eigenvalue weighted by Gasteiger charge is 2.30. The SMILES string of the molecule is CNc1cc(N(CCC#N)C2CC2)nc(COC)n1. The Hall–Kier alpha value is -1.87. The molecule has 6 heteroatoms. The van der Waals surface area contributed by atoms with Gasteiger partial charge in [-0.15, -0.1) is 0 Å². The minimum atomic E-state index is 0.388. The molecule has 19 heavy (non-hydrogen) atoms. The van der Waals surface area contributed by atoms with Gasteiger partial charge in [0.25, 0.3) is 0 Å². The number of nitrogens with zero attached hydrogens (tertiary/aromatic N) is 4. The Bertz CT molecular complexity index is 467. The average molecular weight is 261 g/mol. The van der Waals surface area contributed by atoms with Crippen LogP contribution in [-0.4, -0.2) is 36.7 Å². The molecule has 0 amide bonds. The summed E-state index contributed by atoms with van der Waals surface area (Å²) in [7, 11) is 3.46. The first-order valence-electron chi connectivity index (χ1n) is 6.46. The van der Waals surface area contributed by atoms with Crippen molar-refractivity contribution in [1.29, 1.82) is 5.26 Å². The molecule has 0 spiro atoms. The van der Waals surface area contributed by atoms with Crippen molar-refractivity contribution in [3.8, 4) is 6.07 Å². The van der Waals surface area contributed by atoms with Gasteiger partial charge in [-0.2, -0.15) is 5.26 Å². The molecule has 6 nitrogen and oxygen atoms in total. The van der Waals surface area contributed by atoms with Crippen LogP contribution in [0.2, 0.25) is 0 Å². The molecule has 1 aliphatic rings. The molecular weight excluding hydrogens is 242 g/mol. The van der Waals surface area contributed by atoms with Gasteiger partial charge < -0.3 is 15.0 Å². The van der Waals surface area contributed by atoms with E-state index in [2.05, 4.69) is 26.3 Å². The summed E-state index contributed by atoms with van der Waals surface area (Å²) in [6.45, 7) is 1.10. The van der Waals surface area contributed by atoms with Crippen molar-refractivity contribution in [2.45, 2.75) is 31.9 Å². The Labute approximate surface area is 113 Å². The summed E-state index contributed by atoms with van der Waals surface area (Å²) in [5, 5.41) is 11.8. The van der Waals surface area contributed by atoms with E-state index in [9.17, 15) is 0 Å². The number of nitriles is 1. The topological polar surface area (TPSA) is 74.1 Å². The van der Waals surface area contributed by atoms with Crippen molar-refractivity contribution in [2.75, 3.05) is 30.9 Å². The van der Waals surface area contributed by atoms with Crippen LogP contribution in [0.5, 0.6) is 0 Å². The summed E-state index contributed by atoms with van der Waals surface area (Å²) in [4.78, 5) is 11.1. The summed E-state index contributed by atoms with van der Waals surface area (Å²) >= 11 is 0. The predicted molar refractivity (Wildman–Crippen MR) is 72.9 cm³/mol. The molecule has 1 aliphatic carbocycles. The monoisotopic (exact) mass is 261 g/mol. The molecular formula is C13H19N5O. The van der Waals surface area contributed by atoms with Gasteiger partial charge >= 0.3 is 0 Å². The fourth-order valence-electron chi connectivity index (χ4n) is 1.99. The lowest BCUT2D eigenvalue weighted by atomic mass is 10.3. The summed E-state index contributed by atoms with van der Waals surface area (Å²) in [6, 6.07) is 4.64. The number of aromatic nitrogens is 2. The van der Waals surface area contributed by atoms with E-state index < -0.39 is 0 Å². The van der Waals surface area contributed by atoms with Crippen LogP contribution in [0.4, 0.5) is 11.6 Å². The minimum Gasteiger partial charge on any atom is -0.377 e. The average Bonchev–Trinajstić information content (AvgIpc) is 3.24. The molecule has 0 bridgehead atoms. The highest BCUT2D eigenvalue weighted by atomic mass is 16.5. The van der Waals surface area contributed by atoms with Crippen LogP contribution in [0, 0.1) is 11.3 Å². The highest BCUT2D eigenvalue weighted by molar-refractivity contribution is 5.50. The van der Waals surface area contributed by atoms with Gasteiger partial charge in [-0.1, -0.05) is 0 Å². The molecule has 2 rings (SSSR count). The van der Waals surface area contributed by atoms with E-state index >= 15 is 0 Å². The van der Waals surface area contributed by atoms with E-state index in [1.165, 1.54) is 12.8 Å². The van der Waals surface area contributed by atoms with Crippen LogP contribution >= 0.6 is 0 Å². The van der Waals surface area contributed by atoms with Crippen LogP contribution in [0.15, 0.2) is 6.07 Å². The predicted octanol–water partition coefficient (Wildman–Crippen LogP) is 1.55. The van der Waals surface area contributed by atoms with E-state index in [0.717, 1.165) is 11.6 Å². The number of hydrogen-bond donors (Lipinski definition) is 1. The van der Waals surface area contributed by atoms with Crippen LogP contribution < -0.4 is 10.2 Å². The third kappa shape index (κ3) is 3.55. The maximum absolute atomic E-state index is 8.76. The van der Waals surface area contributed by atoms with E-state index in [1.54, 1.807) is 7.11 Å². The van der Waals surface area contributed by atoms with Crippen molar-refractivity contribution < 1.29 is 4.74 Å². The quantitative estimate of drug-likeness (QED) is 0.802. The molecule has 0 radical (unpaired) electrons. The zero-order valence-electron chi connectivity index (χ0n) is 11.4. The number of ether oxygens (including phenoxy) is 1. The summed E-state index contributed by atoms with van der Waals surface area (Å²) in [5.74, 6) is 2.32. The first kappa shape index (κ1) is 13.6. The molecule has 1 aromatic rings. The summed E-state index contributed by atoms with van der Waals surface area (Å²) in [5.41, 5.74) is 0. The fraction of sp³-hybridized carbons (Fsp3) is 0.615. The second kappa shape index (κ2) is 6.34. The molecule has 1 N–H and O–H groups in total. The van der Waals surface area contributed by atoms with Gasteiger partial charge in [-0.3, -0.25) is 0 Å². The van der Waals surface area contributed by atoms with Gasteiger partial charge in [0.2, 0.25) is 0 Å². The van der Waals surface area contributed by atoms with Crippen molar-refractivity contribution in [2.24, 2.45) is 0 Å². The molecule has 0 saturated heterocycles. The molecule has 1 saturated carbocycles. The Morgan fingerprint density at radius 1 is 1.53 bits per heavy atom. The molecule has 1 heterocycles. The van der Waals surface area contributed by atoms with Gasteiger partial charge in [-0.05, 0) is 12.8 Å². The number of methoxy groups -OCH3 is 1. The minimum absolute atomic E-state index is 0.388. The van der Waals surface area contributed by atoms with Crippen LogP contribution in [0.1, 0.15) is 25.1 Å². The Morgan fingerprint density at radius 3 is 2.89 bits per heavy atom. The maximum Gasteiger partial charge on any atom is 0.158 e. The lowest BCUT2D eigenvalue weighted by Gasteiger charge is -2.23. The number of anilines is 2. The first-order valence-corrected chi connectivity index (χ1v) is 6.46. The second-order valence-electron chi connectivity index (χ2n) is 4.54. The van der Waals surface area contributed by atoms with E-state index in [1.807, 2.05) is 13.1 Å². The zero-order chi connectivity index (χ0) is 13.7. The van der Waals surface area contributed by atoms with Crippen molar-refractivity contribution in [3.05, 3.63) is 11.9 Å². The van der Waals surface area contributed by atoms with Crippen LogP contribution in [0.3, 0.4) is 0 Å². The second-order valence-corrected chi connectivity index (χ2v) is 4.54. The fourth-order valence-corrected chi connectivity index (χ4v) is 1.99. The smallest absolute Gasteiger partial charge is 0.158 e. The zero-order valence-corrected chi connectivity index (χ0v) is 11.4. The van der Waals surface area contributed by atoms with Gasteiger partial charge in [0, 0.05) is 32.8 Å². The van der Waals surface area contributed by atoms with Gasteiger partial charge in [-0.25, -0.2) is 9.97 Å². The lowest BCUT2D eigenvalue weighted by molar-refractivity contribution is 0.178. The molecule has 0 atom stereocenters. The van der Waals surface area contributed by atoms with Crippen LogP contribution in [-0.2, 0) is 11.3 Å². The molecule has 1 fully saturated rings. The van der Waals surface area contributed by atoms with Gasteiger partial charge in [0.1, 0.15) is 18.2 Å². The molecule has 0 unspecified atom stereocenters. The highest BCUT2D eigenvalue weighted by Crippen LogP contribution is 2.31. The van der Waals surface area contributed by atoms with Crippen molar-refractivity contribution >= 4 is 11.6 Å². The lowest BCUT2D eigenvalue weighted by Crippen LogP contribution is -2.28. The molecule has 0 aliphatic heterocycles. The van der Waals surface area contributed by atoms with Gasteiger partial charge in [0.05, 0.1) is 12.5 Å². The summed E-state index contributed by atoms with van der Waals surface area (Å²) < 4.78 is 5.10. The number of hydrogen-bond acceptors (Lipinski definition) is 6. The third-order valence-corrected chi connectivity index (χ3v) is 3.03. The van der Waals surface area contributed by atoms with E-state index in [4.69, 9.17) is 10.00 Å². The largest absolute Gasteiger partial charge is 0.377 e. The molecule has 1 aromatic heterocycles. The number of rotatable bonds is 7. The normalized spacial score (nSPS) is 13.9. The standard InChI is InChI=1S/C13H19N5O/c1-15-11-8-13(17-12(16-11)9-19-2)18(7-3-6-14)10-4-5-10/h8,10H,3-5,7,9H2,1-2H3,(H,15,16,17). The van der Waals surface area contributed by atoms with Crippen LogP contribution in [0.25, 0.3) is 0 Å². The summed E-state index contributed by atoms with van der Waals surface area (Å²) in [6.07, 6.45) is 2.85. The molecule has 0 aromatic carbocycles. The van der Waals surface area contributed by atoms with Crippen molar-refractivity contribution in [3.63, 3.8) is 0 Å². The van der Waals surface area contributed by atoms with Gasteiger partial charge in [0.15, 0.2) is 5.82 Å². The maximum atomic E-state index is 8.76. The Kier molecular flexibility index (Phi) is 4.53. The van der Waals surface area contributed by atoms with Crippen molar-refractivity contribution in [1.82, 2.24) is 9.97 Å². The first-order chi connectivity index (χ1) is 9.28. The van der Waals surface area contributed by atoms with E-state index in [-0.39, 0.29) is 0 Å². The number of nitrogens with one attached hydrogen (secondary N) is 1.